The summed E-state index contributed by atoms with van der Waals surface area (Å²) in [5.41, 5.74) is 1.68. The fraction of sp³-hybridized carbons (Fsp3) is 0.111. The Morgan fingerprint density at radius 2 is 2.29 bits per heavy atom. The number of nitrogens with zero attached hydrogens (tertiary/aromatic N) is 1. The summed E-state index contributed by atoms with van der Waals surface area (Å²) in [4.78, 5) is 17.6. The van der Waals surface area contributed by atoms with Gasteiger partial charge in [-0.2, -0.15) is 0 Å². The Morgan fingerprint density at radius 3 is 2.94 bits per heavy atom. The number of sulfonamides is 1. The van der Waals surface area contributed by atoms with Crippen LogP contribution in [0.4, 0.5) is 0 Å². The Labute approximate surface area is 101 Å². The number of nitrogens with one attached hydrogen (secondary N) is 2. The zero-order chi connectivity index (χ0) is 12.3. The number of H-pyrrole nitrogens is 1. The van der Waals surface area contributed by atoms with Gasteiger partial charge < -0.3 is 4.98 Å². The van der Waals surface area contributed by atoms with Crippen LogP contribution < -0.4 is 10.2 Å². The molecule has 0 unspecified atom stereocenters. The van der Waals surface area contributed by atoms with E-state index in [2.05, 4.69) is 14.7 Å². The molecule has 0 aliphatic rings. The summed E-state index contributed by atoms with van der Waals surface area (Å²) in [5.74, 6) is 0. The zero-order valence-corrected chi connectivity index (χ0v) is 10.2. The third-order valence-corrected chi connectivity index (χ3v) is 4.06. The molecule has 2 aromatic rings. The highest BCUT2D eigenvalue weighted by molar-refractivity contribution is 7.89. The van der Waals surface area contributed by atoms with Crippen molar-refractivity contribution in [2.75, 3.05) is 0 Å². The molecule has 2 aromatic heterocycles. The molecule has 8 heteroatoms. The minimum absolute atomic E-state index is 0.0696. The molecular formula is C9H9N3O3S2. The highest BCUT2D eigenvalue weighted by Gasteiger charge is 2.17. The summed E-state index contributed by atoms with van der Waals surface area (Å²) >= 11 is 1.38. The summed E-state index contributed by atoms with van der Waals surface area (Å²) in [6.07, 6.45) is 2.54. The Kier molecular flexibility index (Phi) is 3.36. The molecule has 17 heavy (non-hydrogen) atoms. The fourth-order valence-electron chi connectivity index (χ4n) is 1.18. The van der Waals surface area contributed by atoms with Crippen LogP contribution in [0.5, 0.6) is 0 Å². The van der Waals surface area contributed by atoms with E-state index in [1.165, 1.54) is 17.5 Å². The van der Waals surface area contributed by atoms with Gasteiger partial charge in [0.2, 0.25) is 15.5 Å². The number of rotatable bonds is 4. The van der Waals surface area contributed by atoms with Gasteiger partial charge >= 0.3 is 0 Å². The van der Waals surface area contributed by atoms with Gasteiger partial charge in [-0.3, -0.25) is 4.79 Å². The first-order valence-electron chi connectivity index (χ1n) is 4.63. The lowest BCUT2D eigenvalue weighted by Gasteiger charge is -2.03. The van der Waals surface area contributed by atoms with E-state index < -0.39 is 15.5 Å². The van der Waals surface area contributed by atoms with E-state index in [1.807, 2.05) is 0 Å². The Morgan fingerprint density at radius 1 is 1.47 bits per heavy atom. The minimum Gasteiger partial charge on any atom is -0.366 e. The normalized spacial score (nSPS) is 11.5. The third-order valence-electron chi connectivity index (χ3n) is 2.00. The lowest BCUT2D eigenvalue weighted by molar-refractivity contribution is 0.579. The van der Waals surface area contributed by atoms with Gasteiger partial charge in [0.15, 0.2) is 0 Å². The smallest absolute Gasteiger partial charge is 0.246 e. The van der Waals surface area contributed by atoms with Crippen molar-refractivity contribution in [2.45, 2.75) is 11.4 Å². The molecule has 0 saturated carbocycles. The highest BCUT2D eigenvalue weighted by atomic mass is 32.2. The van der Waals surface area contributed by atoms with Crippen molar-refractivity contribution in [2.24, 2.45) is 0 Å². The molecule has 2 rings (SSSR count). The van der Waals surface area contributed by atoms with Crippen molar-refractivity contribution in [1.82, 2.24) is 14.7 Å². The Balaban J connectivity index is 2.20. The lowest BCUT2D eigenvalue weighted by atomic mass is 10.5. The van der Waals surface area contributed by atoms with E-state index in [-0.39, 0.29) is 11.4 Å². The Bertz CT molecular complexity index is 646. The van der Waals surface area contributed by atoms with Crippen molar-refractivity contribution in [3.05, 3.63) is 45.3 Å². The molecule has 0 atom stereocenters. The van der Waals surface area contributed by atoms with Crippen molar-refractivity contribution in [3.8, 4) is 0 Å². The first-order valence-corrected chi connectivity index (χ1v) is 7.06. The molecule has 6 nitrogen and oxygen atoms in total. The van der Waals surface area contributed by atoms with Gasteiger partial charge in [0.25, 0.3) is 0 Å². The van der Waals surface area contributed by atoms with Crippen molar-refractivity contribution >= 4 is 21.4 Å². The standard InChI is InChI=1S/C9H9N3O3S2/c13-8-1-2-10-4-9(8)17(14,15)12-3-7-5-16-6-11-7/h1-2,4-6,12H,3H2,(H,10,13). The summed E-state index contributed by atoms with van der Waals surface area (Å²) < 4.78 is 25.9. The van der Waals surface area contributed by atoms with E-state index in [4.69, 9.17) is 0 Å². The van der Waals surface area contributed by atoms with E-state index in [1.54, 1.807) is 10.9 Å². The van der Waals surface area contributed by atoms with Crippen molar-refractivity contribution in [1.29, 1.82) is 0 Å². The fourth-order valence-corrected chi connectivity index (χ4v) is 2.79. The van der Waals surface area contributed by atoms with Crippen LogP contribution in [-0.4, -0.2) is 18.4 Å². The second kappa shape index (κ2) is 4.78. The van der Waals surface area contributed by atoms with Gasteiger partial charge in [0, 0.05) is 23.8 Å². The maximum atomic E-state index is 11.8. The number of aromatic nitrogens is 2. The van der Waals surface area contributed by atoms with E-state index in [9.17, 15) is 13.2 Å². The molecule has 0 spiro atoms. The van der Waals surface area contributed by atoms with Crippen LogP contribution in [0, 0.1) is 0 Å². The molecular weight excluding hydrogens is 262 g/mol. The van der Waals surface area contributed by atoms with Crippen LogP contribution in [0.25, 0.3) is 0 Å². The molecule has 2 N–H and O–H groups in total. The van der Waals surface area contributed by atoms with Crippen LogP contribution in [0.2, 0.25) is 0 Å². The molecule has 0 bridgehead atoms. The van der Waals surface area contributed by atoms with Crippen molar-refractivity contribution in [3.63, 3.8) is 0 Å². The van der Waals surface area contributed by atoms with Crippen LogP contribution in [0.3, 0.4) is 0 Å². The van der Waals surface area contributed by atoms with E-state index >= 15 is 0 Å². The third kappa shape index (κ3) is 2.78. The highest BCUT2D eigenvalue weighted by Crippen LogP contribution is 2.04. The van der Waals surface area contributed by atoms with E-state index in [0.29, 0.717) is 5.69 Å². The maximum Gasteiger partial charge on any atom is 0.246 e. The topological polar surface area (TPSA) is 91.9 Å². The van der Waals surface area contributed by atoms with Crippen LogP contribution in [0.1, 0.15) is 5.69 Å². The minimum atomic E-state index is -3.80. The van der Waals surface area contributed by atoms with E-state index in [0.717, 1.165) is 12.3 Å². The largest absolute Gasteiger partial charge is 0.366 e. The van der Waals surface area contributed by atoms with Crippen molar-refractivity contribution < 1.29 is 8.42 Å². The van der Waals surface area contributed by atoms with Gasteiger partial charge in [0.05, 0.1) is 17.7 Å². The van der Waals surface area contributed by atoms with Gasteiger partial charge in [-0.05, 0) is 0 Å². The Hall–Kier alpha value is -1.51. The molecule has 0 aliphatic heterocycles. The molecule has 0 fully saturated rings. The molecule has 0 amide bonds. The predicted molar refractivity (Wildman–Crippen MR) is 63.2 cm³/mol. The van der Waals surface area contributed by atoms with Crippen LogP contribution >= 0.6 is 11.3 Å². The first-order chi connectivity index (χ1) is 8.09. The van der Waals surface area contributed by atoms with Gasteiger partial charge in [-0.15, -0.1) is 11.3 Å². The molecule has 0 aliphatic carbocycles. The second-order valence-electron chi connectivity index (χ2n) is 3.18. The van der Waals surface area contributed by atoms with Gasteiger partial charge in [-0.1, -0.05) is 0 Å². The first kappa shape index (κ1) is 12.0. The number of thiazole rings is 1. The van der Waals surface area contributed by atoms with Crippen LogP contribution in [0.15, 0.2) is 39.0 Å². The number of pyridine rings is 1. The quantitative estimate of drug-likeness (QED) is 0.837. The molecule has 2 heterocycles. The number of hydrogen-bond donors (Lipinski definition) is 2. The molecule has 90 valence electrons. The summed E-state index contributed by atoms with van der Waals surface area (Å²) in [6, 6.07) is 1.16. The summed E-state index contributed by atoms with van der Waals surface area (Å²) in [5, 5.41) is 1.73. The molecule has 0 radical (unpaired) electrons. The molecule has 0 saturated heterocycles. The number of aromatic amines is 1. The zero-order valence-electron chi connectivity index (χ0n) is 8.58. The van der Waals surface area contributed by atoms with Gasteiger partial charge in [0.1, 0.15) is 4.90 Å². The number of hydrogen-bond acceptors (Lipinski definition) is 5. The average Bonchev–Trinajstić information content (AvgIpc) is 2.80. The van der Waals surface area contributed by atoms with Crippen LogP contribution in [-0.2, 0) is 16.6 Å². The second-order valence-corrected chi connectivity index (χ2v) is 5.63. The summed E-state index contributed by atoms with van der Waals surface area (Å²) in [7, 11) is -3.80. The maximum absolute atomic E-state index is 11.8. The lowest BCUT2D eigenvalue weighted by Crippen LogP contribution is -2.28. The predicted octanol–water partition coefficient (Wildman–Crippen LogP) is 0.310. The van der Waals surface area contributed by atoms with Gasteiger partial charge in [-0.25, -0.2) is 18.1 Å². The SMILES string of the molecule is O=c1cc[nH]cc1S(=O)(=O)NCc1cscn1. The summed E-state index contributed by atoms with van der Waals surface area (Å²) in [6.45, 7) is 0.0696. The molecule has 0 aromatic carbocycles. The monoisotopic (exact) mass is 271 g/mol. The average molecular weight is 271 g/mol.